The summed E-state index contributed by atoms with van der Waals surface area (Å²) in [6, 6.07) is 7.05. The van der Waals surface area contributed by atoms with Gasteiger partial charge in [0.2, 0.25) is 9.23 Å². The Kier molecular flexibility index (Phi) is 10.2. The Morgan fingerprint density at radius 2 is 1.93 bits per heavy atom. The molecular formula is C18H17Cl4N3O3S. The van der Waals surface area contributed by atoms with Gasteiger partial charge in [0.25, 0.3) is 5.91 Å². The molecule has 0 fully saturated rings. The lowest BCUT2D eigenvalue weighted by molar-refractivity contribution is 0.0822. The third-order valence-corrected chi connectivity index (χ3v) is 4.22. The first-order valence-electron chi connectivity index (χ1n) is 7.92. The van der Waals surface area contributed by atoms with Crippen LogP contribution in [0, 0.1) is 11.3 Å². The van der Waals surface area contributed by atoms with Crippen LogP contribution in [0.5, 0.6) is 5.75 Å². The number of carbonyl (C=O) groups excluding carboxylic acids is 1. The molecule has 0 aliphatic rings. The summed E-state index contributed by atoms with van der Waals surface area (Å²) in [6.45, 7) is 1.79. The van der Waals surface area contributed by atoms with Gasteiger partial charge < -0.3 is 9.64 Å². The zero-order valence-electron chi connectivity index (χ0n) is 15.9. The Labute approximate surface area is 190 Å². The number of alkyl halides is 1. The monoisotopic (exact) mass is 495 g/mol. The van der Waals surface area contributed by atoms with E-state index in [1.807, 2.05) is 0 Å². The number of aromatic nitrogens is 1. The molecule has 0 aliphatic heterocycles. The molecule has 0 N–H and O–H groups in total. The normalized spacial score (nSPS) is 11.2. The number of hydrogen-bond donors (Lipinski definition) is 0. The molecule has 29 heavy (non-hydrogen) atoms. The second-order valence-corrected chi connectivity index (χ2v) is 9.36. The Morgan fingerprint density at radius 1 is 1.34 bits per heavy atom. The standard InChI is InChI=1S/C18H17Cl2N3O2.Cl2OS/c1-10(19)12-7-14(20)13(8-21)16(17(12)25-4)11-5-6-15(22-9-11)18(24)23(2)3;1-4(2)3/h5-7,9-10H,1-4H3;. The second kappa shape index (κ2) is 11.6. The minimum atomic E-state index is -1.67. The van der Waals surface area contributed by atoms with E-state index in [2.05, 4.69) is 32.4 Å². The molecule has 0 saturated heterocycles. The number of hydrogen-bond acceptors (Lipinski definition) is 5. The van der Waals surface area contributed by atoms with Crippen molar-refractivity contribution < 1.29 is 13.7 Å². The SMILES string of the molecule is COc1c(C(C)Cl)cc(Cl)c(C#N)c1-c1ccc(C(=O)N(C)C)nc1.O=S(Cl)Cl. The Morgan fingerprint density at radius 3 is 2.31 bits per heavy atom. The molecule has 0 spiro atoms. The summed E-state index contributed by atoms with van der Waals surface area (Å²) in [4.78, 5) is 17.6. The van der Waals surface area contributed by atoms with Crippen molar-refractivity contribution in [2.24, 2.45) is 0 Å². The number of benzene rings is 1. The highest BCUT2D eigenvalue weighted by atomic mass is 36.0. The van der Waals surface area contributed by atoms with Gasteiger partial charge in [0.1, 0.15) is 17.5 Å². The van der Waals surface area contributed by atoms with Gasteiger partial charge in [-0.25, -0.2) is 4.21 Å². The molecule has 1 aromatic carbocycles. The predicted octanol–water partition coefficient (Wildman–Crippen LogP) is 5.33. The first-order valence-corrected chi connectivity index (χ1v) is 11.5. The number of methoxy groups -OCH3 is 1. The lowest BCUT2D eigenvalue weighted by atomic mass is 9.95. The lowest BCUT2D eigenvalue weighted by Gasteiger charge is -2.18. The number of rotatable bonds is 4. The second-order valence-electron chi connectivity index (χ2n) is 5.77. The number of halogens is 4. The van der Waals surface area contributed by atoms with Gasteiger partial charge in [-0.3, -0.25) is 9.78 Å². The van der Waals surface area contributed by atoms with Crippen molar-refractivity contribution in [3.05, 3.63) is 46.2 Å². The summed E-state index contributed by atoms with van der Waals surface area (Å²) in [5.74, 6) is 0.261. The molecule has 11 heteroatoms. The predicted molar refractivity (Wildman–Crippen MR) is 118 cm³/mol. The molecule has 0 saturated carbocycles. The maximum absolute atomic E-state index is 12.0. The molecule has 2 rings (SSSR count). The average Bonchev–Trinajstić information content (AvgIpc) is 2.66. The Balaban J connectivity index is 0.000000960. The molecule has 1 aromatic heterocycles. The van der Waals surface area contributed by atoms with Gasteiger partial charge in [-0.05, 0) is 19.1 Å². The van der Waals surface area contributed by atoms with Crippen molar-refractivity contribution in [2.75, 3.05) is 21.2 Å². The van der Waals surface area contributed by atoms with Crippen molar-refractivity contribution in [3.8, 4) is 22.9 Å². The van der Waals surface area contributed by atoms with Crippen LogP contribution < -0.4 is 4.74 Å². The van der Waals surface area contributed by atoms with E-state index < -0.39 is 9.23 Å². The highest BCUT2D eigenvalue weighted by Gasteiger charge is 2.22. The molecule has 0 radical (unpaired) electrons. The fourth-order valence-corrected chi connectivity index (χ4v) is 2.87. The summed E-state index contributed by atoms with van der Waals surface area (Å²) in [5.41, 5.74) is 2.38. The third kappa shape index (κ3) is 6.73. The van der Waals surface area contributed by atoms with Crippen LogP contribution in [-0.4, -0.2) is 41.2 Å². The van der Waals surface area contributed by atoms with Crippen LogP contribution in [0.15, 0.2) is 24.4 Å². The van der Waals surface area contributed by atoms with Crippen molar-refractivity contribution >= 4 is 59.7 Å². The van der Waals surface area contributed by atoms with Gasteiger partial charge >= 0.3 is 0 Å². The highest BCUT2D eigenvalue weighted by Crippen LogP contribution is 2.43. The fraction of sp³-hybridized carbons (Fsp3) is 0.278. The number of nitriles is 1. The van der Waals surface area contributed by atoms with Crippen LogP contribution in [0.4, 0.5) is 0 Å². The Hall–Kier alpha value is -1.56. The van der Waals surface area contributed by atoms with Crippen LogP contribution in [0.3, 0.4) is 0 Å². The van der Waals surface area contributed by atoms with Gasteiger partial charge in [0.05, 0.1) is 23.1 Å². The van der Waals surface area contributed by atoms with Crippen molar-refractivity contribution in [1.82, 2.24) is 9.88 Å². The topological polar surface area (TPSA) is 83.3 Å². The van der Waals surface area contributed by atoms with Crippen LogP contribution in [0.1, 0.15) is 33.9 Å². The van der Waals surface area contributed by atoms with Crippen molar-refractivity contribution in [1.29, 1.82) is 5.26 Å². The van der Waals surface area contributed by atoms with E-state index in [0.29, 0.717) is 28.1 Å². The first kappa shape index (κ1) is 25.5. The molecule has 2 aromatic rings. The third-order valence-electron chi connectivity index (χ3n) is 3.68. The van der Waals surface area contributed by atoms with E-state index in [9.17, 15) is 10.1 Å². The van der Waals surface area contributed by atoms with E-state index in [4.69, 9.17) is 32.1 Å². The largest absolute Gasteiger partial charge is 0.496 e. The summed E-state index contributed by atoms with van der Waals surface area (Å²) in [6.07, 6.45) is 1.52. The fourth-order valence-electron chi connectivity index (χ4n) is 2.45. The summed E-state index contributed by atoms with van der Waals surface area (Å²) in [5, 5.41) is 9.45. The molecule has 0 aliphatic carbocycles. The van der Waals surface area contributed by atoms with E-state index in [0.717, 1.165) is 0 Å². The number of pyridine rings is 1. The zero-order chi connectivity index (χ0) is 22.3. The molecular weight excluding hydrogens is 480 g/mol. The number of nitrogens with zero attached hydrogens (tertiary/aromatic N) is 3. The number of carbonyl (C=O) groups is 1. The van der Waals surface area contributed by atoms with E-state index >= 15 is 0 Å². The smallest absolute Gasteiger partial charge is 0.271 e. The van der Waals surface area contributed by atoms with Crippen LogP contribution >= 0.6 is 44.6 Å². The van der Waals surface area contributed by atoms with Crippen LogP contribution in [-0.2, 0) is 9.23 Å². The number of ether oxygens (including phenoxy) is 1. The quantitative estimate of drug-likeness (QED) is 0.422. The van der Waals surface area contributed by atoms with Gasteiger partial charge in [-0.2, -0.15) is 5.26 Å². The summed E-state index contributed by atoms with van der Waals surface area (Å²) in [7, 11) is 12.2. The maximum Gasteiger partial charge on any atom is 0.271 e. The molecule has 6 nitrogen and oxygen atoms in total. The van der Waals surface area contributed by atoms with E-state index in [-0.39, 0.29) is 21.9 Å². The van der Waals surface area contributed by atoms with Gasteiger partial charge in [0, 0.05) is 58.3 Å². The Bertz CT molecular complexity index is 941. The van der Waals surface area contributed by atoms with Gasteiger partial charge in [0.15, 0.2) is 0 Å². The van der Waals surface area contributed by atoms with E-state index in [1.54, 1.807) is 39.2 Å². The van der Waals surface area contributed by atoms with Crippen LogP contribution in [0.2, 0.25) is 5.02 Å². The highest BCUT2D eigenvalue weighted by molar-refractivity contribution is 8.26. The molecule has 1 amide bonds. The van der Waals surface area contributed by atoms with Gasteiger partial charge in [-0.1, -0.05) is 17.7 Å². The van der Waals surface area contributed by atoms with Crippen molar-refractivity contribution in [3.63, 3.8) is 0 Å². The van der Waals surface area contributed by atoms with Gasteiger partial charge in [-0.15, -0.1) is 11.6 Å². The summed E-state index contributed by atoms with van der Waals surface area (Å²) < 4.78 is 14.6. The van der Waals surface area contributed by atoms with E-state index in [1.165, 1.54) is 18.2 Å². The average molecular weight is 497 g/mol. The lowest BCUT2D eigenvalue weighted by Crippen LogP contribution is -2.22. The molecule has 1 unspecified atom stereocenters. The molecule has 0 bridgehead atoms. The summed E-state index contributed by atoms with van der Waals surface area (Å²) >= 11 is 12.5. The minimum absolute atomic E-state index is 0.208. The molecule has 1 heterocycles. The number of amides is 1. The first-order chi connectivity index (χ1) is 13.5. The zero-order valence-corrected chi connectivity index (χ0v) is 19.7. The molecule has 1 atom stereocenters. The van der Waals surface area contributed by atoms with Crippen molar-refractivity contribution in [2.45, 2.75) is 12.3 Å². The van der Waals surface area contributed by atoms with Crippen LogP contribution in [0.25, 0.3) is 11.1 Å². The maximum atomic E-state index is 12.0. The molecule has 156 valence electrons. The minimum Gasteiger partial charge on any atom is -0.496 e.